The Kier molecular flexibility index (Phi) is 3.67. The average molecular weight is 408 g/mol. The molecule has 0 aliphatic carbocycles. The Morgan fingerprint density at radius 2 is 2.00 bits per heavy atom. The number of thiazole rings is 1. The second kappa shape index (κ2) is 5.87. The molecule has 3 heterocycles. The number of hydrogen-bond donors (Lipinski definition) is 1. The zero-order valence-corrected chi connectivity index (χ0v) is 15.5. The lowest BCUT2D eigenvalue weighted by atomic mass is 10.0. The normalized spacial score (nSPS) is 14.9. The molecule has 1 aliphatic rings. The number of nitrogens with zero attached hydrogens (tertiary/aromatic N) is 2. The highest BCUT2D eigenvalue weighted by Gasteiger charge is 2.31. The number of rotatable bonds is 1. The molecule has 0 amide bonds. The summed E-state index contributed by atoms with van der Waals surface area (Å²) >= 11 is 7.42. The molecule has 2 aromatic carbocycles. The molecule has 0 radical (unpaired) electrons. The van der Waals surface area contributed by atoms with Crippen molar-refractivity contribution in [2.75, 3.05) is 11.4 Å². The van der Waals surface area contributed by atoms with Crippen LogP contribution in [0.3, 0.4) is 0 Å². The molecular formula is C19H13ClF3N3S. The summed E-state index contributed by atoms with van der Waals surface area (Å²) in [5.41, 5.74) is 3.36. The number of anilines is 1. The van der Waals surface area contributed by atoms with E-state index in [0.29, 0.717) is 21.8 Å². The highest BCUT2D eigenvalue weighted by molar-refractivity contribution is 7.22. The molecule has 8 heteroatoms. The van der Waals surface area contributed by atoms with Crippen LogP contribution in [-0.2, 0) is 19.1 Å². The molecule has 0 saturated carbocycles. The second-order valence-corrected chi connectivity index (χ2v) is 8.07. The summed E-state index contributed by atoms with van der Waals surface area (Å²) in [6.07, 6.45) is -3.51. The van der Waals surface area contributed by atoms with E-state index >= 15 is 0 Å². The number of fused-ring (bicyclic) bond motifs is 4. The third-order valence-electron chi connectivity index (χ3n) is 4.91. The quantitative estimate of drug-likeness (QED) is 0.419. The van der Waals surface area contributed by atoms with Crippen LogP contribution in [0.4, 0.5) is 18.3 Å². The molecule has 27 heavy (non-hydrogen) atoms. The lowest BCUT2D eigenvalue weighted by molar-refractivity contribution is -0.137. The predicted molar refractivity (Wildman–Crippen MR) is 103 cm³/mol. The van der Waals surface area contributed by atoms with Gasteiger partial charge < -0.3 is 9.88 Å². The molecule has 0 bridgehead atoms. The van der Waals surface area contributed by atoms with E-state index in [-0.39, 0.29) is 0 Å². The third kappa shape index (κ3) is 2.85. The Bertz CT molecular complexity index is 1180. The van der Waals surface area contributed by atoms with Gasteiger partial charge in [0.25, 0.3) is 0 Å². The zero-order chi connectivity index (χ0) is 18.8. The number of aromatic amines is 1. The summed E-state index contributed by atoms with van der Waals surface area (Å²) < 4.78 is 39.3. The van der Waals surface area contributed by atoms with E-state index in [1.165, 1.54) is 29.0 Å². The summed E-state index contributed by atoms with van der Waals surface area (Å²) in [7, 11) is 0. The van der Waals surface area contributed by atoms with Gasteiger partial charge in [0.1, 0.15) is 0 Å². The Labute approximate surface area is 161 Å². The number of alkyl halides is 3. The van der Waals surface area contributed by atoms with Crippen LogP contribution in [0.2, 0.25) is 5.02 Å². The molecular weight excluding hydrogens is 395 g/mol. The van der Waals surface area contributed by atoms with Crippen LogP contribution >= 0.6 is 22.9 Å². The van der Waals surface area contributed by atoms with E-state index in [0.717, 1.165) is 40.8 Å². The van der Waals surface area contributed by atoms with Crippen molar-refractivity contribution in [2.24, 2.45) is 0 Å². The predicted octanol–water partition coefficient (Wildman–Crippen LogP) is 6.01. The molecule has 3 nitrogen and oxygen atoms in total. The number of H-pyrrole nitrogens is 1. The standard InChI is InChI=1S/C19H13ClF3N3S/c20-11-2-4-14-13(8-11)12-5-6-26(9-16(12)24-14)18-25-15-3-1-10(19(21,22)23)7-17(15)27-18/h1-4,7-8,24H,5-6,9H2. The molecule has 2 aromatic heterocycles. The Morgan fingerprint density at radius 1 is 1.15 bits per heavy atom. The number of nitrogens with one attached hydrogen (secondary N) is 1. The van der Waals surface area contributed by atoms with E-state index < -0.39 is 11.7 Å². The molecule has 0 saturated heterocycles. The van der Waals surface area contributed by atoms with Gasteiger partial charge in [-0.15, -0.1) is 0 Å². The van der Waals surface area contributed by atoms with Crippen molar-refractivity contribution in [3.63, 3.8) is 0 Å². The van der Waals surface area contributed by atoms with Gasteiger partial charge in [-0.2, -0.15) is 13.2 Å². The van der Waals surface area contributed by atoms with Crippen molar-refractivity contribution in [1.82, 2.24) is 9.97 Å². The van der Waals surface area contributed by atoms with E-state index in [9.17, 15) is 13.2 Å². The van der Waals surface area contributed by atoms with Crippen LogP contribution in [-0.4, -0.2) is 16.5 Å². The monoisotopic (exact) mass is 407 g/mol. The largest absolute Gasteiger partial charge is 0.416 e. The lowest BCUT2D eigenvalue weighted by Gasteiger charge is -2.26. The van der Waals surface area contributed by atoms with Gasteiger partial charge in [-0.05, 0) is 48.4 Å². The van der Waals surface area contributed by atoms with Crippen molar-refractivity contribution < 1.29 is 13.2 Å². The molecule has 138 valence electrons. The maximum atomic E-state index is 12.9. The molecule has 1 aliphatic heterocycles. The van der Waals surface area contributed by atoms with E-state index in [1.54, 1.807) is 0 Å². The third-order valence-corrected chi connectivity index (χ3v) is 6.23. The number of benzene rings is 2. The maximum Gasteiger partial charge on any atom is 0.416 e. The summed E-state index contributed by atoms with van der Waals surface area (Å²) in [6, 6.07) is 9.50. The van der Waals surface area contributed by atoms with Crippen molar-refractivity contribution in [2.45, 2.75) is 19.1 Å². The zero-order valence-electron chi connectivity index (χ0n) is 13.9. The summed E-state index contributed by atoms with van der Waals surface area (Å²) in [5.74, 6) is 0. The molecule has 4 aromatic rings. The van der Waals surface area contributed by atoms with Crippen molar-refractivity contribution in [3.8, 4) is 0 Å². The smallest absolute Gasteiger partial charge is 0.357 e. The van der Waals surface area contributed by atoms with Gasteiger partial charge in [-0.25, -0.2) is 4.98 Å². The minimum Gasteiger partial charge on any atom is -0.357 e. The highest BCUT2D eigenvalue weighted by Crippen LogP contribution is 2.37. The molecule has 0 spiro atoms. The van der Waals surface area contributed by atoms with E-state index in [2.05, 4.69) is 14.9 Å². The Morgan fingerprint density at radius 3 is 2.81 bits per heavy atom. The van der Waals surface area contributed by atoms with Gasteiger partial charge in [0.15, 0.2) is 5.13 Å². The second-order valence-electron chi connectivity index (χ2n) is 6.62. The lowest BCUT2D eigenvalue weighted by Crippen LogP contribution is -2.29. The molecule has 5 rings (SSSR count). The van der Waals surface area contributed by atoms with Gasteiger partial charge in [0, 0.05) is 28.2 Å². The molecule has 1 N–H and O–H groups in total. The SMILES string of the molecule is FC(F)(F)c1ccc2nc(N3CCc4c([nH]c5ccc(Cl)cc45)C3)sc2c1. The van der Waals surface area contributed by atoms with Gasteiger partial charge in [-0.3, -0.25) is 0 Å². The van der Waals surface area contributed by atoms with Crippen molar-refractivity contribution in [3.05, 3.63) is 58.2 Å². The van der Waals surface area contributed by atoms with Crippen LogP contribution in [0.5, 0.6) is 0 Å². The van der Waals surface area contributed by atoms with Crippen LogP contribution < -0.4 is 4.90 Å². The minimum atomic E-state index is -4.34. The molecule has 0 atom stereocenters. The van der Waals surface area contributed by atoms with Crippen LogP contribution in [0, 0.1) is 0 Å². The highest BCUT2D eigenvalue weighted by atomic mass is 35.5. The van der Waals surface area contributed by atoms with Crippen LogP contribution in [0.25, 0.3) is 21.1 Å². The summed E-state index contributed by atoms with van der Waals surface area (Å²) in [4.78, 5) is 10.1. The van der Waals surface area contributed by atoms with E-state index in [1.807, 2.05) is 18.2 Å². The van der Waals surface area contributed by atoms with Gasteiger partial charge in [-0.1, -0.05) is 22.9 Å². The van der Waals surface area contributed by atoms with Crippen LogP contribution in [0.15, 0.2) is 36.4 Å². The van der Waals surface area contributed by atoms with Crippen LogP contribution in [0.1, 0.15) is 16.8 Å². The number of hydrogen-bond acceptors (Lipinski definition) is 3. The summed E-state index contributed by atoms with van der Waals surface area (Å²) in [6.45, 7) is 1.41. The average Bonchev–Trinajstić information content (AvgIpc) is 3.20. The molecule has 0 fully saturated rings. The van der Waals surface area contributed by atoms with E-state index in [4.69, 9.17) is 11.6 Å². The first kappa shape index (κ1) is 16.9. The first-order valence-corrected chi connectivity index (χ1v) is 9.60. The fourth-order valence-corrected chi connectivity index (χ4v) is 4.80. The van der Waals surface area contributed by atoms with Crippen molar-refractivity contribution in [1.29, 1.82) is 0 Å². The molecule has 0 unspecified atom stereocenters. The van der Waals surface area contributed by atoms with Gasteiger partial charge in [0.2, 0.25) is 0 Å². The van der Waals surface area contributed by atoms with Gasteiger partial charge >= 0.3 is 6.18 Å². The number of halogens is 4. The Hall–Kier alpha value is -2.25. The summed E-state index contributed by atoms with van der Waals surface area (Å²) in [5, 5.41) is 2.58. The van der Waals surface area contributed by atoms with Crippen molar-refractivity contribution >= 4 is 49.2 Å². The first-order chi connectivity index (χ1) is 12.9. The van der Waals surface area contributed by atoms with Gasteiger partial charge in [0.05, 0.1) is 22.3 Å². The number of aromatic nitrogens is 2. The fourth-order valence-electron chi connectivity index (χ4n) is 3.60. The first-order valence-electron chi connectivity index (χ1n) is 8.40. The topological polar surface area (TPSA) is 31.9 Å². The Balaban J connectivity index is 1.50. The minimum absolute atomic E-state index is 0.550. The maximum absolute atomic E-state index is 12.9. The fraction of sp³-hybridized carbons (Fsp3) is 0.211.